The minimum atomic E-state index is -0.580. The van der Waals surface area contributed by atoms with Crippen LogP contribution >= 0.6 is 0 Å². The predicted molar refractivity (Wildman–Crippen MR) is 97.6 cm³/mol. The smallest absolute Gasteiger partial charge is 0.305 e. The standard InChI is InChI=1S/C21H38O3/c1-15(14-18(22)24-6)8-9-17-20(4)12-7-11-19(2,3)16(20)10-13-21(17,5)23/h15-17,23H,7-14H2,1-6H3/t15-,16?,17-,20+,21-/m1/s1. The monoisotopic (exact) mass is 338 g/mol. The van der Waals surface area contributed by atoms with Crippen LogP contribution in [0.2, 0.25) is 0 Å². The van der Waals surface area contributed by atoms with Crippen molar-refractivity contribution < 1.29 is 14.6 Å². The predicted octanol–water partition coefficient (Wildman–Crippen LogP) is 4.96. The molecule has 2 aliphatic carbocycles. The number of fused-ring (bicyclic) bond motifs is 1. The highest BCUT2D eigenvalue weighted by atomic mass is 16.5. The van der Waals surface area contributed by atoms with Crippen LogP contribution in [0.3, 0.4) is 0 Å². The molecule has 24 heavy (non-hydrogen) atoms. The molecule has 0 spiro atoms. The fraction of sp³-hybridized carbons (Fsp3) is 0.952. The zero-order valence-electron chi connectivity index (χ0n) is 16.7. The Hall–Kier alpha value is -0.570. The first-order valence-electron chi connectivity index (χ1n) is 9.82. The molecule has 0 aromatic heterocycles. The maximum Gasteiger partial charge on any atom is 0.305 e. The van der Waals surface area contributed by atoms with Crippen molar-refractivity contribution in [3.05, 3.63) is 0 Å². The van der Waals surface area contributed by atoms with E-state index in [1.807, 2.05) is 6.92 Å². The molecule has 0 bridgehead atoms. The van der Waals surface area contributed by atoms with Crippen molar-refractivity contribution in [3.8, 4) is 0 Å². The fourth-order valence-corrected chi connectivity index (χ4v) is 6.19. The summed E-state index contributed by atoms with van der Waals surface area (Å²) in [4.78, 5) is 11.5. The van der Waals surface area contributed by atoms with E-state index in [9.17, 15) is 9.90 Å². The SMILES string of the molecule is COC(=O)C[C@H](C)CC[C@@H]1[C@@]2(C)CCCC(C)(C)C2CC[C@@]1(C)O. The molecule has 0 radical (unpaired) electrons. The van der Waals surface area contributed by atoms with Gasteiger partial charge in [0.2, 0.25) is 0 Å². The highest BCUT2D eigenvalue weighted by molar-refractivity contribution is 5.69. The Balaban J connectivity index is 2.13. The summed E-state index contributed by atoms with van der Waals surface area (Å²) in [7, 11) is 1.46. The minimum absolute atomic E-state index is 0.124. The molecule has 3 nitrogen and oxygen atoms in total. The van der Waals surface area contributed by atoms with Gasteiger partial charge in [-0.25, -0.2) is 0 Å². The normalized spacial score (nSPS) is 39.8. The number of carbonyl (C=O) groups is 1. The molecule has 140 valence electrons. The van der Waals surface area contributed by atoms with E-state index < -0.39 is 5.60 Å². The molecule has 0 aromatic rings. The Morgan fingerprint density at radius 1 is 1.21 bits per heavy atom. The number of ether oxygens (including phenoxy) is 1. The van der Waals surface area contributed by atoms with Gasteiger partial charge in [0.05, 0.1) is 12.7 Å². The van der Waals surface area contributed by atoms with Gasteiger partial charge in [-0.1, -0.05) is 34.1 Å². The van der Waals surface area contributed by atoms with Crippen LogP contribution in [0.1, 0.15) is 86.0 Å². The minimum Gasteiger partial charge on any atom is -0.469 e. The molecule has 0 heterocycles. The lowest BCUT2D eigenvalue weighted by Crippen LogP contribution is -2.57. The number of hydrogen-bond donors (Lipinski definition) is 1. The molecule has 2 aliphatic rings. The van der Waals surface area contributed by atoms with Crippen molar-refractivity contribution >= 4 is 5.97 Å². The number of rotatable bonds is 5. The van der Waals surface area contributed by atoms with Crippen LogP contribution in [0.25, 0.3) is 0 Å². The first-order chi connectivity index (χ1) is 11.0. The van der Waals surface area contributed by atoms with Crippen LogP contribution in [0.4, 0.5) is 0 Å². The molecule has 2 rings (SSSR count). The maximum absolute atomic E-state index is 11.5. The number of esters is 1. The first-order valence-corrected chi connectivity index (χ1v) is 9.82. The number of hydrogen-bond acceptors (Lipinski definition) is 3. The molecule has 5 atom stereocenters. The molecule has 0 aliphatic heterocycles. The second-order valence-corrected chi connectivity index (χ2v) is 9.81. The molecule has 0 saturated heterocycles. The lowest BCUT2D eigenvalue weighted by Gasteiger charge is -2.61. The van der Waals surface area contributed by atoms with Crippen LogP contribution in [0.15, 0.2) is 0 Å². The summed E-state index contributed by atoms with van der Waals surface area (Å²) in [6, 6.07) is 0. The van der Waals surface area contributed by atoms with E-state index in [1.54, 1.807) is 0 Å². The van der Waals surface area contributed by atoms with E-state index >= 15 is 0 Å². The first kappa shape index (κ1) is 19.8. The Bertz CT molecular complexity index is 454. The van der Waals surface area contributed by atoms with E-state index in [0.29, 0.717) is 29.6 Å². The topological polar surface area (TPSA) is 46.5 Å². The third-order valence-electron chi connectivity index (χ3n) is 7.45. The Kier molecular flexibility index (Phi) is 5.74. The van der Waals surface area contributed by atoms with E-state index in [1.165, 1.54) is 26.4 Å². The third-order valence-corrected chi connectivity index (χ3v) is 7.45. The van der Waals surface area contributed by atoms with Crippen molar-refractivity contribution in [2.24, 2.45) is 28.6 Å². The van der Waals surface area contributed by atoms with Gasteiger partial charge in [0.1, 0.15) is 0 Å². The van der Waals surface area contributed by atoms with E-state index in [2.05, 4.69) is 27.7 Å². The van der Waals surface area contributed by atoms with Gasteiger partial charge in [-0.3, -0.25) is 4.79 Å². The Labute approximate surface area is 148 Å². The van der Waals surface area contributed by atoms with Crippen LogP contribution in [0, 0.1) is 28.6 Å². The van der Waals surface area contributed by atoms with Gasteiger partial charge in [-0.15, -0.1) is 0 Å². The molecule has 2 fully saturated rings. The van der Waals surface area contributed by atoms with Crippen LogP contribution in [-0.4, -0.2) is 23.8 Å². The lowest BCUT2D eigenvalue weighted by molar-refractivity contribution is -0.170. The molecule has 3 heteroatoms. The quantitative estimate of drug-likeness (QED) is 0.721. The van der Waals surface area contributed by atoms with Crippen molar-refractivity contribution in [2.75, 3.05) is 7.11 Å². The fourth-order valence-electron chi connectivity index (χ4n) is 6.19. The number of carbonyl (C=O) groups excluding carboxylic acids is 1. The zero-order valence-corrected chi connectivity index (χ0v) is 16.7. The van der Waals surface area contributed by atoms with Gasteiger partial charge < -0.3 is 9.84 Å². The zero-order chi connectivity index (χ0) is 18.2. The second kappa shape index (κ2) is 6.97. The molecular weight excluding hydrogens is 300 g/mol. The summed E-state index contributed by atoms with van der Waals surface area (Å²) in [6.07, 6.45) is 8.33. The summed E-state index contributed by atoms with van der Waals surface area (Å²) in [5.41, 5.74) is 0.0114. The van der Waals surface area contributed by atoms with Gasteiger partial charge in [0.15, 0.2) is 0 Å². The largest absolute Gasteiger partial charge is 0.469 e. The van der Waals surface area contributed by atoms with Gasteiger partial charge >= 0.3 is 5.97 Å². The molecule has 0 amide bonds. The third kappa shape index (κ3) is 3.81. The molecule has 2 saturated carbocycles. The molecule has 1 unspecified atom stereocenters. The van der Waals surface area contributed by atoms with Gasteiger partial charge in [0.25, 0.3) is 0 Å². The summed E-state index contributed by atoms with van der Waals surface area (Å²) in [6.45, 7) is 11.4. The number of methoxy groups -OCH3 is 1. The Morgan fingerprint density at radius 3 is 2.50 bits per heavy atom. The maximum atomic E-state index is 11.5. The lowest BCUT2D eigenvalue weighted by atomic mass is 9.45. The van der Waals surface area contributed by atoms with E-state index in [-0.39, 0.29) is 11.4 Å². The summed E-state index contributed by atoms with van der Waals surface area (Å²) >= 11 is 0. The average Bonchev–Trinajstić information content (AvgIpc) is 2.44. The van der Waals surface area contributed by atoms with Crippen molar-refractivity contribution in [3.63, 3.8) is 0 Å². The van der Waals surface area contributed by atoms with Crippen LogP contribution < -0.4 is 0 Å². The molecular formula is C21H38O3. The number of aliphatic hydroxyl groups is 1. The highest BCUT2D eigenvalue weighted by Gasteiger charge is 2.57. The summed E-state index contributed by atoms with van der Waals surface area (Å²) in [5.74, 6) is 1.21. The van der Waals surface area contributed by atoms with Crippen molar-refractivity contribution in [1.29, 1.82) is 0 Å². The molecule has 0 aromatic carbocycles. The van der Waals surface area contributed by atoms with Gasteiger partial charge in [-0.2, -0.15) is 0 Å². The Morgan fingerprint density at radius 2 is 1.88 bits per heavy atom. The van der Waals surface area contributed by atoms with Crippen molar-refractivity contribution in [2.45, 2.75) is 91.6 Å². The van der Waals surface area contributed by atoms with Gasteiger partial charge in [0, 0.05) is 6.42 Å². The molecule has 1 N–H and O–H groups in total. The summed E-state index contributed by atoms with van der Waals surface area (Å²) in [5, 5.41) is 11.2. The van der Waals surface area contributed by atoms with Crippen LogP contribution in [0.5, 0.6) is 0 Å². The highest BCUT2D eigenvalue weighted by Crippen LogP contribution is 2.63. The summed E-state index contributed by atoms with van der Waals surface area (Å²) < 4.78 is 4.80. The van der Waals surface area contributed by atoms with Crippen molar-refractivity contribution in [1.82, 2.24) is 0 Å². The second-order valence-electron chi connectivity index (χ2n) is 9.81. The van der Waals surface area contributed by atoms with E-state index in [4.69, 9.17) is 4.74 Å². The van der Waals surface area contributed by atoms with Crippen LogP contribution in [-0.2, 0) is 9.53 Å². The van der Waals surface area contributed by atoms with E-state index in [0.717, 1.165) is 25.7 Å². The average molecular weight is 339 g/mol. The van der Waals surface area contributed by atoms with Gasteiger partial charge in [-0.05, 0) is 74.0 Å².